The van der Waals surface area contributed by atoms with Gasteiger partial charge in [0.05, 0.1) is 16.6 Å². The van der Waals surface area contributed by atoms with Gasteiger partial charge < -0.3 is 5.32 Å². The molecule has 1 heterocycles. The highest BCUT2D eigenvalue weighted by atomic mass is 16.2. The average Bonchev–Trinajstić information content (AvgIpc) is 3.46. The van der Waals surface area contributed by atoms with Crippen LogP contribution in [0.5, 0.6) is 0 Å². The Kier molecular flexibility index (Phi) is 4.41. The van der Waals surface area contributed by atoms with Crippen LogP contribution in [0.4, 0.5) is 0 Å². The maximum Gasteiger partial charge on any atom is 0.336 e. The molecule has 0 unspecified atom stereocenters. The van der Waals surface area contributed by atoms with Crippen LogP contribution in [0.2, 0.25) is 0 Å². The van der Waals surface area contributed by atoms with Crippen LogP contribution in [-0.2, 0) is 11.3 Å². The lowest BCUT2D eigenvalue weighted by atomic mass is 10.1. The Hall–Kier alpha value is -3.15. The lowest BCUT2D eigenvalue weighted by Crippen LogP contribution is -2.42. The maximum absolute atomic E-state index is 13.3. The summed E-state index contributed by atoms with van der Waals surface area (Å²) in [5.74, 6) is -0.211. The van der Waals surface area contributed by atoms with Gasteiger partial charge >= 0.3 is 5.69 Å². The number of rotatable bonds is 4. The first kappa shape index (κ1) is 18.2. The van der Waals surface area contributed by atoms with Crippen LogP contribution in [0, 0.1) is 20.8 Å². The highest BCUT2D eigenvalue weighted by molar-refractivity contribution is 5.82. The number of benzene rings is 2. The molecule has 1 aliphatic rings. The quantitative estimate of drug-likeness (QED) is 0.759. The van der Waals surface area contributed by atoms with Crippen molar-refractivity contribution in [3.8, 4) is 5.69 Å². The minimum Gasteiger partial charge on any atom is -0.352 e. The van der Waals surface area contributed by atoms with Gasteiger partial charge in [-0.25, -0.2) is 9.36 Å². The molecule has 1 saturated carbocycles. The molecular weight excluding hydrogens is 354 g/mol. The molecule has 1 aromatic heterocycles. The minimum absolute atomic E-state index is 0.111. The zero-order chi connectivity index (χ0) is 20.0. The third-order valence-electron chi connectivity index (χ3n) is 5.36. The van der Waals surface area contributed by atoms with Gasteiger partial charge in [-0.05, 0) is 62.9 Å². The Morgan fingerprint density at radius 3 is 2.57 bits per heavy atom. The van der Waals surface area contributed by atoms with Crippen molar-refractivity contribution in [2.75, 3.05) is 0 Å². The molecule has 6 nitrogen and oxygen atoms in total. The van der Waals surface area contributed by atoms with Crippen molar-refractivity contribution < 1.29 is 4.79 Å². The van der Waals surface area contributed by atoms with Gasteiger partial charge in [-0.3, -0.25) is 14.2 Å². The molecule has 6 heteroatoms. The predicted octanol–water partition coefficient (Wildman–Crippen LogP) is 2.36. The number of nitrogens with one attached hydrogen (secondary N) is 1. The molecule has 0 aliphatic heterocycles. The van der Waals surface area contributed by atoms with E-state index in [2.05, 4.69) is 5.32 Å². The van der Waals surface area contributed by atoms with E-state index in [9.17, 15) is 14.4 Å². The number of hydrogen-bond acceptors (Lipinski definition) is 3. The Morgan fingerprint density at radius 1 is 1.11 bits per heavy atom. The zero-order valence-corrected chi connectivity index (χ0v) is 16.3. The first-order valence-corrected chi connectivity index (χ1v) is 9.49. The van der Waals surface area contributed by atoms with Crippen LogP contribution in [0.3, 0.4) is 0 Å². The Morgan fingerprint density at radius 2 is 1.86 bits per heavy atom. The second-order valence-corrected chi connectivity index (χ2v) is 7.59. The average molecular weight is 377 g/mol. The molecule has 1 fully saturated rings. The van der Waals surface area contributed by atoms with Crippen LogP contribution < -0.4 is 16.6 Å². The molecule has 1 amide bonds. The van der Waals surface area contributed by atoms with Gasteiger partial charge in [-0.1, -0.05) is 23.8 Å². The van der Waals surface area contributed by atoms with Gasteiger partial charge in [0.15, 0.2) is 0 Å². The van der Waals surface area contributed by atoms with Gasteiger partial charge in [0.25, 0.3) is 5.56 Å². The van der Waals surface area contributed by atoms with Crippen LogP contribution in [0.1, 0.15) is 29.5 Å². The van der Waals surface area contributed by atoms with Crippen molar-refractivity contribution in [1.82, 2.24) is 14.5 Å². The molecular formula is C22H23N3O3. The summed E-state index contributed by atoms with van der Waals surface area (Å²) in [4.78, 5) is 39.0. The molecule has 0 atom stereocenters. The number of nitrogens with zero attached hydrogens (tertiary/aromatic N) is 2. The molecule has 4 rings (SSSR count). The summed E-state index contributed by atoms with van der Waals surface area (Å²) in [7, 11) is 0. The van der Waals surface area contributed by atoms with E-state index in [0.29, 0.717) is 16.6 Å². The first-order chi connectivity index (χ1) is 13.4. The van der Waals surface area contributed by atoms with E-state index >= 15 is 0 Å². The number of amides is 1. The first-order valence-electron chi connectivity index (χ1n) is 9.49. The zero-order valence-electron chi connectivity index (χ0n) is 16.3. The van der Waals surface area contributed by atoms with E-state index < -0.39 is 5.69 Å². The van der Waals surface area contributed by atoms with Crippen LogP contribution in [0.25, 0.3) is 16.6 Å². The van der Waals surface area contributed by atoms with Crippen molar-refractivity contribution in [2.45, 2.75) is 46.2 Å². The summed E-state index contributed by atoms with van der Waals surface area (Å²) in [6, 6.07) is 11.1. The summed E-state index contributed by atoms with van der Waals surface area (Å²) in [5, 5.41) is 3.34. The third-order valence-corrected chi connectivity index (χ3v) is 5.36. The fourth-order valence-electron chi connectivity index (χ4n) is 3.48. The van der Waals surface area contributed by atoms with Crippen LogP contribution in [0.15, 0.2) is 46.0 Å². The molecule has 0 spiro atoms. The number of aryl methyl sites for hydroxylation is 2. The largest absolute Gasteiger partial charge is 0.352 e. The van der Waals surface area contributed by atoms with Crippen LogP contribution >= 0.6 is 0 Å². The standard InChI is InChI=1S/C22H23N3O3/c1-13-7-10-19-17(11-13)21(27)25(18-6-4-5-14(2)15(18)3)22(28)24(19)12-20(26)23-16-8-9-16/h4-7,10-11,16H,8-9,12H2,1-3H3,(H,23,26). The van der Waals surface area contributed by atoms with Crippen LogP contribution in [-0.4, -0.2) is 21.1 Å². The van der Waals surface area contributed by atoms with E-state index in [1.807, 2.05) is 39.0 Å². The lowest BCUT2D eigenvalue weighted by molar-refractivity contribution is -0.121. The predicted molar refractivity (Wildman–Crippen MR) is 109 cm³/mol. The fraction of sp³-hybridized carbons (Fsp3) is 0.318. The molecule has 2 aromatic carbocycles. The van der Waals surface area contributed by atoms with E-state index in [4.69, 9.17) is 0 Å². The summed E-state index contributed by atoms with van der Waals surface area (Å²) >= 11 is 0. The van der Waals surface area contributed by atoms with Gasteiger partial charge in [0.1, 0.15) is 6.54 Å². The summed E-state index contributed by atoms with van der Waals surface area (Å²) < 4.78 is 2.59. The van der Waals surface area contributed by atoms with E-state index in [-0.39, 0.29) is 24.1 Å². The maximum atomic E-state index is 13.3. The minimum atomic E-state index is -0.499. The van der Waals surface area contributed by atoms with Crippen molar-refractivity contribution >= 4 is 16.8 Å². The Labute approximate surface area is 162 Å². The lowest BCUT2D eigenvalue weighted by Gasteiger charge is -2.16. The molecule has 1 N–H and O–H groups in total. The molecule has 0 saturated heterocycles. The second kappa shape index (κ2) is 6.78. The number of aromatic nitrogens is 2. The molecule has 0 bridgehead atoms. The summed E-state index contributed by atoms with van der Waals surface area (Å²) in [6.07, 6.45) is 1.95. The molecule has 0 radical (unpaired) electrons. The highest BCUT2D eigenvalue weighted by Crippen LogP contribution is 2.19. The number of carbonyl (C=O) groups is 1. The van der Waals surface area contributed by atoms with Crippen molar-refractivity contribution in [1.29, 1.82) is 0 Å². The highest BCUT2D eigenvalue weighted by Gasteiger charge is 2.24. The number of hydrogen-bond donors (Lipinski definition) is 1. The fourth-order valence-corrected chi connectivity index (χ4v) is 3.48. The van der Waals surface area contributed by atoms with E-state index in [1.165, 1.54) is 9.13 Å². The Balaban J connectivity index is 1.99. The van der Waals surface area contributed by atoms with Gasteiger partial charge in [0, 0.05) is 6.04 Å². The number of fused-ring (bicyclic) bond motifs is 1. The Bertz CT molecular complexity index is 1220. The van der Waals surface area contributed by atoms with Gasteiger partial charge in [0.2, 0.25) is 5.91 Å². The van der Waals surface area contributed by atoms with Crippen molar-refractivity contribution in [2.24, 2.45) is 0 Å². The monoisotopic (exact) mass is 377 g/mol. The van der Waals surface area contributed by atoms with Crippen molar-refractivity contribution in [3.05, 3.63) is 73.9 Å². The smallest absolute Gasteiger partial charge is 0.336 e. The van der Waals surface area contributed by atoms with Gasteiger partial charge in [-0.2, -0.15) is 0 Å². The molecule has 28 heavy (non-hydrogen) atoms. The molecule has 1 aliphatic carbocycles. The van der Waals surface area contributed by atoms with E-state index in [1.54, 1.807) is 18.2 Å². The number of carbonyl (C=O) groups excluding carboxylic acids is 1. The van der Waals surface area contributed by atoms with E-state index in [0.717, 1.165) is 29.5 Å². The topological polar surface area (TPSA) is 73.1 Å². The molecule has 144 valence electrons. The third kappa shape index (κ3) is 3.15. The SMILES string of the molecule is Cc1ccc2c(c1)c(=O)n(-c1cccc(C)c1C)c(=O)n2CC(=O)NC1CC1. The normalized spacial score (nSPS) is 13.7. The summed E-state index contributed by atoms with van der Waals surface area (Å²) in [5.41, 5.74) is 2.94. The molecule has 3 aromatic rings. The summed E-state index contributed by atoms with van der Waals surface area (Å²) in [6.45, 7) is 5.62. The van der Waals surface area contributed by atoms with Gasteiger partial charge in [-0.15, -0.1) is 0 Å². The van der Waals surface area contributed by atoms with Crippen molar-refractivity contribution in [3.63, 3.8) is 0 Å². The second-order valence-electron chi connectivity index (χ2n) is 7.59.